The lowest BCUT2D eigenvalue weighted by atomic mass is 10.1. The Balaban J connectivity index is 1.62. The summed E-state index contributed by atoms with van der Waals surface area (Å²) in [5.74, 6) is -0.581. The molecule has 222 valence electrons. The van der Waals surface area contributed by atoms with Gasteiger partial charge in [-0.3, -0.25) is 29.4 Å². The lowest BCUT2D eigenvalue weighted by Gasteiger charge is -2.30. The third kappa shape index (κ3) is 6.93. The second-order valence-electron chi connectivity index (χ2n) is 10.6. The van der Waals surface area contributed by atoms with Crippen molar-refractivity contribution in [3.63, 3.8) is 0 Å². The summed E-state index contributed by atoms with van der Waals surface area (Å²) < 4.78 is 37.4. The van der Waals surface area contributed by atoms with Crippen LogP contribution in [0.1, 0.15) is 33.9 Å². The molecule has 1 aromatic heterocycles. The number of nitrogens with one attached hydrogen (secondary N) is 2. The van der Waals surface area contributed by atoms with Gasteiger partial charge in [-0.1, -0.05) is 36.4 Å². The molecule has 1 unspecified atom stereocenters. The molecule has 0 spiro atoms. The third-order valence-corrected chi connectivity index (χ3v) is 7.73. The Hall–Kier alpha value is -3.36. The maximum absolute atomic E-state index is 14.1. The van der Waals surface area contributed by atoms with Crippen LogP contribution in [0.2, 0.25) is 0 Å². The summed E-state index contributed by atoms with van der Waals surface area (Å²) in [7, 11) is -4.49. The monoisotopic (exact) mass is 592 g/mol. The number of carbonyl (C=O) groups excluding carboxylic acids is 1. The van der Waals surface area contributed by atoms with Crippen LogP contribution in [-0.2, 0) is 23.4 Å². The van der Waals surface area contributed by atoms with E-state index in [-0.39, 0.29) is 5.75 Å². The number of nitrogens with two attached hydrogens (primary N) is 1. The fourth-order valence-corrected chi connectivity index (χ4v) is 5.69. The largest absolute Gasteiger partial charge is 0.459 e. The molecule has 3 aromatic rings. The Bertz CT molecular complexity index is 1580. The topological polar surface area (TPSA) is 204 Å². The lowest BCUT2D eigenvalue weighted by Crippen LogP contribution is -2.54. The Morgan fingerprint density at radius 3 is 2.56 bits per heavy atom. The van der Waals surface area contributed by atoms with Crippen LogP contribution in [0.15, 0.2) is 64.3 Å². The number of benzene rings is 2. The number of fused-ring (bicyclic) bond motifs is 1. The molecule has 0 radical (unpaired) electrons. The predicted molar refractivity (Wildman–Crippen MR) is 147 cm³/mol. The molecule has 0 bridgehead atoms. The van der Waals surface area contributed by atoms with Crippen molar-refractivity contribution in [1.82, 2.24) is 14.6 Å². The average molecular weight is 593 g/mol. The highest BCUT2D eigenvalue weighted by Crippen LogP contribution is 2.48. The van der Waals surface area contributed by atoms with Crippen molar-refractivity contribution in [1.29, 1.82) is 0 Å². The number of hydrogen-bond donors (Lipinski definition) is 5. The first-order valence-electron chi connectivity index (χ1n) is 12.7. The van der Waals surface area contributed by atoms with Crippen LogP contribution in [-0.4, -0.2) is 61.9 Å². The minimum Gasteiger partial charge on any atom is -0.459 e. The number of nitrogens with zero attached hydrogens (tertiary/aromatic N) is 1. The Morgan fingerprint density at radius 1 is 1.20 bits per heavy atom. The first kappa shape index (κ1) is 30.6. The Labute approximate surface area is 234 Å². The van der Waals surface area contributed by atoms with Gasteiger partial charge >= 0.3 is 19.4 Å². The lowest BCUT2D eigenvalue weighted by molar-refractivity contribution is -0.156. The zero-order chi connectivity index (χ0) is 30.2. The quantitative estimate of drug-likeness (QED) is 0.175. The molecule has 14 nitrogen and oxygen atoms in total. The van der Waals surface area contributed by atoms with Crippen LogP contribution >= 0.6 is 7.75 Å². The summed E-state index contributed by atoms with van der Waals surface area (Å²) in [6.07, 6.45) is -4.03. The van der Waals surface area contributed by atoms with E-state index in [1.807, 2.05) is 23.2 Å². The number of hydrogen-bond acceptors (Lipinski definition) is 11. The van der Waals surface area contributed by atoms with Gasteiger partial charge in [0.15, 0.2) is 12.0 Å². The van der Waals surface area contributed by atoms with Gasteiger partial charge < -0.3 is 24.2 Å². The normalized spacial score (nSPS) is 25.0. The van der Waals surface area contributed by atoms with Crippen molar-refractivity contribution in [2.45, 2.75) is 63.5 Å². The predicted octanol–water partition coefficient (Wildman–Crippen LogP) is 1.12. The van der Waals surface area contributed by atoms with Gasteiger partial charge in [-0.25, -0.2) is 9.36 Å². The molecule has 2 aromatic carbocycles. The minimum absolute atomic E-state index is 0.159. The van der Waals surface area contributed by atoms with Crippen molar-refractivity contribution in [2.24, 2.45) is 5.73 Å². The Morgan fingerprint density at radius 2 is 1.88 bits per heavy atom. The van der Waals surface area contributed by atoms with Crippen molar-refractivity contribution < 1.29 is 38.1 Å². The zero-order valence-electron chi connectivity index (χ0n) is 22.8. The molecular weight excluding hydrogens is 559 g/mol. The molecule has 41 heavy (non-hydrogen) atoms. The van der Waals surface area contributed by atoms with Gasteiger partial charge in [0.1, 0.15) is 36.2 Å². The SMILES string of the molecule is C[C@H](NP(=O)(OC[C@@]1(N)O[C@@H](n2ccc(=O)[nH]c2=O)[C@H](O)[C@@H]1O)Oc1cccc2ccccc12)C(=O)OC(C)(C)C. The minimum atomic E-state index is -4.49. The highest BCUT2D eigenvalue weighted by molar-refractivity contribution is 7.52. The summed E-state index contributed by atoms with van der Waals surface area (Å²) in [4.78, 5) is 38.4. The van der Waals surface area contributed by atoms with Crippen molar-refractivity contribution in [3.05, 3.63) is 75.6 Å². The summed E-state index contributed by atoms with van der Waals surface area (Å²) in [5, 5.41) is 25.3. The smallest absolute Gasteiger partial charge is 0.459 e. The van der Waals surface area contributed by atoms with E-state index in [0.717, 1.165) is 22.2 Å². The second-order valence-corrected chi connectivity index (χ2v) is 12.3. The molecule has 4 rings (SSSR count). The summed E-state index contributed by atoms with van der Waals surface area (Å²) in [6, 6.07) is 12.0. The first-order chi connectivity index (χ1) is 19.1. The van der Waals surface area contributed by atoms with E-state index in [0.29, 0.717) is 5.39 Å². The molecule has 15 heteroatoms. The molecule has 2 heterocycles. The fourth-order valence-electron chi connectivity index (χ4n) is 4.14. The number of ether oxygens (including phenoxy) is 2. The number of H-pyrrole nitrogens is 1. The van der Waals surface area contributed by atoms with E-state index >= 15 is 0 Å². The summed E-state index contributed by atoms with van der Waals surface area (Å²) in [6.45, 7) is 5.60. The van der Waals surface area contributed by atoms with Crippen LogP contribution < -0.4 is 26.6 Å². The molecule has 1 aliphatic rings. The van der Waals surface area contributed by atoms with Gasteiger partial charge in [0.05, 0.1) is 0 Å². The number of rotatable bonds is 9. The van der Waals surface area contributed by atoms with Crippen LogP contribution in [0.3, 0.4) is 0 Å². The van der Waals surface area contributed by atoms with E-state index in [1.165, 1.54) is 6.92 Å². The molecule has 0 amide bonds. The molecule has 0 saturated carbocycles. The number of aliphatic hydroxyl groups is 2. The van der Waals surface area contributed by atoms with E-state index < -0.39 is 67.4 Å². The van der Waals surface area contributed by atoms with Gasteiger partial charge in [-0.05, 0) is 39.1 Å². The standard InChI is InChI=1S/C26H33N4O10P/c1-15(23(34)39-25(2,3)4)29-41(36,40-18-11-7-9-16-8-5-6-10-17(16)18)37-14-26(27)21(33)20(32)22(38-26)30-13-12-19(31)28-24(30)35/h5-13,15,20-22,32-33H,14,27H2,1-4H3,(H,29,36)(H,28,31,35)/t15-,20+,21-,22+,26+,41?/m0/s1. The van der Waals surface area contributed by atoms with Gasteiger partial charge in [0, 0.05) is 17.6 Å². The maximum atomic E-state index is 14.1. The first-order valence-corrected chi connectivity index (χ1v) is 14.2. The van der Waals surface area contributed by atoms with Crippen molar-refractivity contribution in [3.8, 4) is 5.75 Å². The summed E-state index contributed by atoms with van der Waals surface area (Å²) >= 11 is 0. The number of aromatic nitrogens is 2. The average Bonchev–Trinajstić information content (AvgIpc) is 3.11. The van der Waals surface area contributed by atoms with Gasteiger partial charge in [0.2, 0.25) is 0 Å². The summed E-state index contributed by atoms with van der Waals surface area (Å²) in [5.41, 5.74) is 1.59. The molecule has 6 N–H and O–H groups in total. The van der Waals surface area contributed by atoms with Gasteiger partial charge in [-0.15, -0.1) is 0 Å². The van der Waals surface area contributed by atoms with E-state index in [4.69, 9.17) is 24.3 Å². The molecule has 1 aliphatic heterocycles. The zero-order valence-corrected chi connectivity index (χ0v) is 23.7. The highest BCUT2D eigenvalue weighted by Gasteiger charge is 2.54. The van der Waals surface area contributed by atoms with Crippen LogP contribution in [0, 0.1) is 0 Å². The fraction of sp³-hybridized carbons (Fsp3) is 0.423. The Kier molecular flexibility index (Phi) is 8.58. The van der Waals surface area contributed by atoms with Gasteiger partial charge in [0.25, 0.3) is 5.56 Å². The number of carbonyl (C=O) groups is 1. The van der Waals surface area contributed by atoms with Crippen molar-refractivity contribution in [2.75, 3.05) is 6.61 Å². The number of aliphatic hydroxyl groups excluding tert-OH is 2. The van der Waals surface area contributed by atoms with Crippen LogP contribution in [0.4, 0.5) is 0 Å². The maximum Gasteiger partial charge on any atom is 0.459 e. The van der Waals surface area contributed by atoms with E-state index in [1.54, 1.807) is 45.0 Å². The van der Waals surface area contributed by atoms with Gasteiger partial charge in [-0.2, -0.15) is 5.09 Å². The molecule has 0 aliphatic carbocycles. The number of esters is 1. The number of aromatic amines is 1. The van der Waals surface area contributed by atoms with Crippen LogP contribution in [0.25, 0.3) is 10.8 Å². The second kappa shape index (κ2) is 11.5. The highest BCUT2D eigenvalue weighted by atomic mass is 31.2. The third-order valence-electron chi connectivity index (χ3n) is 6.12. The van der Waals surface area contributed by atoms with Crippen molar-refractivity contribution >= 4 is 24.5 Å². The molecule has 1 saturated heterocycles. The molecular formula is C26H33N4O10P. The molecule has 6 atom stereocenters. The van der Waals surface area contributed by atoms with Crippen LogP contribution in [0.5, 0.6) is 5.75 Å². The van der Waals surface area contributed by atoms with E-state index in [2.05, 4.69) is 5.09 Å². The molecule has 1 fully saturated rings. The van der Waals surface area contributed by atoms with E-state index in [9.17, 15) is 29.2 Å².